The second-order valence-electron chi connectivity index (χ2n) is 7.68. The molecule has 0 unspecified atom stereocenters. The zero-order chi connectivity index (χ0) is 19.9. The molecule has 1 atom stereocenters. The van der Waals surface area contributed by atoms with Gasteiger partial charge >= 0.3 is 0 Å². The number of likely N-dealkylation sites (N-methyl/N-ethyl adjacent to an activating group) is 1. The summed E-state index contributed by atoms with van der Waals surface area (Å²) in [5.41, 5.74) is 1.45. The van der Waals surface area contributed by atoms with Gasteiger partial charge in [0, 0.05) is 31.0 Å². The highest BCUT2D eigenvalue weighted by molar-refractivity contribution is 5.96. The monoisotopic (exact) mass is 382 g/mol. The van der Waals surface area contributed by atoms with Crippen molar-refractivity contribution in [1.82, 2.24) is 14.8 Å². The van der Waals surface area contributed by atoms with Gasteiger partial charge in [-0.2, -0.15) is 0 Å². The van der Waals surface area contributed by atoms with Gasteiger partial charge in [0.2, 0.25) is 5.91 Å². The molecule has 2 saturated heterocycles. The molecule has 3 heterocycles. The van der Waals surface area contributed by atoms with Crippen LogP contribution in [0.2, 0.25) is 0 Å². The van der Waals surface area contributed by atoms with Gasteiger partial charge in [-0.1, -0.05) is 12.1 Å². The van der Waals surface area contributed by atoms with E-state index in [1.807, 2.05) is 31.0 Å². The zero-order valence-electron chi connectivity index (χ0n) is 16.1. The molecule has 28 heavy (non-hydrogen) atoms. The lowest BCUT2D eigenvalue weighted by Crippen LogP contribution is -2.64. The number of piperazine rings is 1. The number of pyridine rings is 1. The third-order valence-corrected chi connectivity index (χ3v) is 5.78. The summed E-state index contributed by atoms with van der Waals surface area (Å²) in [6.45, 7) is 3.64. The van der Waals surface area contributed by atoms with Crippen LogP contribution in [0.3, 0.4) is 0 Å². The van der Waals surface area contributed by atoms with Crippen LogP contribution in [-0.4, -0.2) is 65.4 Å². The second-order valence-corrected chi connectivity index (χ2v) is 7.68. The van der Waals surface area contributed by atoms with E-state index in [0.29, 0.717) is 31.0 Å². The Kier molecular flexibility index (Phi) is 4.63. The highest BCUT2D eigenvalue weighted by atomic mass is 19.1. The van der Waals surface area contributed by atoms with Crippen molar-refractivity contribution in [3.8, 4) is 0 Å². The number of likely N-dealkylation sites (tertiary alicyclic amines) is 1. The average Bonchev–Trinajstić information content (AvgIpc) is 3.09. The summed E-state index contributed by atoms with van der Waals surface area (Å²) >= 11 is 0. The van der Waals surface area contributed by atoms with Gasteiger partial charge in [0.25, 0.3) is 5.91 Å². The number of carbonyl (C=O) groups excluding carboxylic acids is 2. The first-order chi connectivity index (χ1) is 13.4. The normalized spacial score (nSPS) is 22.9. The maximum Gasteiger partial charge on any atom is 0.272 e. The highest BCUT2D eigenvalue weighted by Crippen LogP contribution is 2.34. The fraction of sp³-hybridized carbons (Fsp3) is 0.381. The molecular formula is C21H23FN4O2. The quantitative estimate of drug-likeness (QED) is 0.798. The Morgan fingerprint density at radius 3 is 2.71 bits per heavy atom. The number of aromatic nitrogens is 1. The number of carbonyl (C=O) groups is 2. The lowest BCUT2D eigenvalue weighted by molar-refractivity contribution is -0.123. The van der Waals surface area contributed by atoms with Crippen molar-refractivity contribution < 1.29 is 14.0 Å². The van der Waals surface area contributed by atoms with E-state index in [0.717, 1.165) is 12.1 Å². The van der Waals surface area contributed by atoms with Gasteiger partial charge in [-0.25, -0.2) is 9.37 Å². The SMILES string of the molecule is Cc1cccc(C(=O)N2CC[C@]3(C2)CN(c2cccc(F)c2)C(=O)CN3C)n1. The summed E-state index contributed by atoms with van der Waals surface area (Å²) < 4.78 is 13.7. The largest absolute Gasteiger partial charge is 0.335 e. The number of halogens is 1. The summed E-state index contributed by atoms with van der Waals surface area (Å²) in [5, 5.41) is 0. The molecule has 2 fully saturated rings. The Labute approximate surface area is 163 Å². The third-order valence-electron chi connectivity index (χ3n) is 5.78. The highest BCUT2D eigenvalue weighted by Gasteiger charge is 2.48. The van der Waals surface area contributed by atoms with Crippen molar-refractivity contribution >= 4 is 17.5 Å². The van der Waals surface area contributed by atoms with Crippen LogP contribution in [-0.2, 0) is 4.79 Å². The number of nitrogens with zero attached hydrogens (tertiary/aromatic N) is 4. The maximum atomic E-state index is 13.7. The fourth-order valence-electron chi connectivity index (χ4n) is 4.13. The van der Waals surface area contributed by atoms with E-state index in [1.165, 1.54) is 12.1 Å². The van der Waals surface area contributed by atoms with Crippen molar-refractivity contribution in [1.29, 1.82) is 0 Å². The molecule has 6 nitrogen and oxygen atoms in total. The first-order valence-corrected chi connectivity index (χ1v) is 9.38. The summed E-state index contributed by atoms with van der Waals surface area (Å²) in [6, 6.07) is 11.5. The van der Waals surface area contributed by atoms with Crippen LogP contribution in [0.1, 0.15) is 22.6 Å². The van der Waals surface area contributed by atoms with E-state index in [2.05, 4.69) is 4.98 Å². The minimum absolute atomic E-state index is 0.0659. The molecule has 2 aliphatic rings. The van der Waals surface area contributed by atoms with Crippen LogP contribution < -0.4 is 4.90 Å². The van der Waals surface area contributed by atoms with Crippen LogP contribution in [0.15, 0.2) is 42.5 Å². The molecule has 7 heteroatoms. The number of hydrogen-bond acceptors (Lipinski definition) is 4. The van der Waals surface area contributed by atoms with Crippen molar-refractivity contribution in [2.24, 2.45) is 0 Å². The Balaban J connectivity index is 1.57. The van der Waals surface area contributed by atoms with Crippen LogP contribution in [0.5, 0.6) is 0 Å². The van der Waals surface area contributed by atoms with Crippen molar-refractivity contribution in [2.75, 3.05) is 38.1 Å². The van der Waals surface area contributed by atoms with Crippen LogP contribution in [0.25, 0.3) is 0 Å². The molecule has 0 aliphatic carbocycles. The molecular weight excluding hydrogens is 359 g/mol. The van der Waals surface area contributed by atoms with E-state index in [-0.39, 0.29) is 29.7 Å². The van der Waals surface area contributed by atoms with E-state index in [9.17, 15) is 14.0 Å². The van der Waals surface area contributed by atoms with Crippen molar-refractivity contribution in [2.45, 2.75) is 18.9 Å². The Bertz CT molecular complexity index is 934. The van der Waals surface area contributed by atoms with Crippen LogP contribution in [0, 0.1) is 12.7 Å². The minimum Gasteiger partial charge on any atom is -0.335 e. The van der Waals surface area contributed by atoms with Gasteiger partial charge in [0.05, 0.1) is 12.1 Å². The summed E-state index contributed by atoms with van der Waals surface area (Å²) in [6.07, 6.45) is 0.750. The predicted molar refractivity (Wildman–Crippen MR) is 104 cm³/mol. The first kappa shape index (κ1) is 18.6. The standard InChI is InChI=1S/C21H23FN4O2/c1-15-5-3-8-18(23-15)20(28)25-10-9-21(13-25)14-26(19(27)12-24(21)2)17-7-4-6-16(22)11-17/h3-8,11H,9-10,12-14H2,1-2H3/t21-/m0/s1. The molecule has 1 aromatic carbocycles. The number of benzene rings is 1. The van der Waals surface area contributed by atoms with Gasteiger partial charge in [-0.15, -0.1) is 0 Å². The number of anilines is 1. The number of amides is 2. The molecule has 0 saturated carbocycles. The Hall–Kier alpha value is -2.80. The number of hydrogen-bond donors (Lipinski definition) is 0. The minimum atomic E-state index is -0.368. The molecule has 146 valence electrons. The van der Waals surface area contributed by atoms with Gasteiger partial charge in [0.1, 0.15) is 11.5 Å². The zero-order valence-corrected chi connectivity index (χ0v) is 16.1. The molecule has 0 bridgehead atoms. The van der Waals surface area contributed by atoms with Crippen molar-refractivity contribution in [3.63, 3.8) is 0 Å². The lowest BCUT2D eigenvalue weighted by Gasteiger charge is -2.46. The maximum absolute atomic E-state index is 13.7. The predicted octanol–water partition coefficient (Wildman–Crippen LogP) is 2.09. The van der Waals surface area contributed by atoms with Crippen LogP contribution in [0.4, 0.5) is 10.1 Å². The van der Waals surface area contributed by atoms with E-state index in [1.54, 1.807) is 28.0 Å². The Morgan fingerprint density at radius 2 is 1.96 bits per heavy atom. The summed E-state index contributed by atoms with van der Waals surface area (Å²) in [4.78, 5) is 35.3. The van der Waals surface area contributed by atoms with Crippen molar-refractivity contribution in [3.05, 3.63) is 59.7 Å². The summed E-state index contributed by atoms with van der Waals surface area (Å²) in [5.74, 6) is -0.529. The summed E-state index contributed by atoms with van der Waals surface area (Å²) in [7, 11) is 1.92. The molecule has 2 aromatic rings. The molecule has 2 aliphatic heterocycles. The number of aryl methyl sites for hydroxylation is 1. The molecule has 1 spiro atoms. The smallest absolute Gasteiger partial charge is 0.272 e. The topological polar surface area (TPSA) is 56.8 Å². The van der Waals surface area contributed by atoms with E-state index < -0.39 is 0 Å². The van der Waals surface area contributed by atoms with Gasteiger partial charge < -0.3 is 9.80 Å². The molecule has 2 amide bonds. The fourth-order valence-corrected chi connectivity index (χ4v) is 4.13. The van der Waals surface area contributed by atoms with Gasteiger partial charge in [0.15, 0.2) is 0 Å². The van der Waals surface area contributed by atoms with E-state index >= 15 is 0 Å². The average molecular weight is 382 g/mol. The second kappa shape index (κ2) is 6.98. The molecule has 0 N–H and O–H groups in total. The number of rotatable bonds is 2. The lowest BCUT2D eigenvalue weighted by atomic mass is 9.92. The van der Waals surface area contributed by atoms with Crippen LogP contribution >= 0.6 is 0 Å². The third kappa shape index (κ3) is 3.26. The molecule has 4 rings (SSSR count). The van der Waals surface area contributed by atoms with Gasteiger partial charge in [-0.3, -0.25) is 14.5 Å². The first-order valence-electron chi connectivity index (χ1n) is 9.38. The van der Waals surface area contributed by atoms with Gasteiger partial charge in [-0.05, 0) is 50.7 Å². The molecule has 1 aromatic heterocycles. The molecule has 0 radical (unpaired) electrons. The van der Waals surface area contributed by atoms with E-state index in [4.69, 9.17) is 0 Å². The Morgan fingerprint density at radius 1 is 1.18 bits per heavy atom.